The van der Waals surface area contributed by atoms with Crippen molar-refractivity contribution in [2.75, 3.05) is 13.1 Å². The molecule has 1 heterocycles. The summed E-state index contributed by atoms with van der Waals surface area (Å²) >= 11 is 0. The van der Waals surface area contributed by atoms with Gasteiger partial charge in [-0.3, -0.25) is 0 Å². The van der Waals surface area contributed by atoms with Gasteiger partial charge in [-0.15, -0.1) is 0 Å². The highest BCUT2D eigenvalue weighted by Gasteiger charge is 2.45. The van der Waals surface area contributed by atoms with Crippen LogP contribution in [0.1, 0.15) is 24.0 Å². The van der Waals surface area contributed by atoms with Gasteiger partial charge in [0.2, 0.25) is 10.0 Å². The topological polar surface area (TPSA) is 81.4 Å². The van der Waals surface area contributed by atoms with E-state index in [4.69, 9.17) is 5.26 Å². The van der Waals surface area contributed by atoms with Gasteiger partial charge in [0.15, 0.2) is 0 Å². The summed E-state index contributed by atoms with van der Waals surface area (Å²) in [5.41, 5.74) is 1.05. The lowest BCUT2D eigenvalue weighted by atomic mass is 10.00. The molecule has 0 radical (unpaired) electrons. The van der Waals surface area contributed by atoms with E-state index in [1.165, 1.54) is 16.4 Å². The summed E-state index contributed by atoms with van der Waals surface area (Å²) in [6, 6.07) is 6.65. The lowest BCUT2D eigenvalue weighted by molar-refractivity contribution is 0.129. The number of hydrogen-bond acceptors (Lipinski definition) is 4. The number of rotatable bonds is 2. The smallest absolute Gasteiger partial charge is 0.243 e. The number of nitriles is 1. The molecule has 1 aliphatic carbocycles. The average Bonchev–Trinajstić information content (AvgIpc) is 3.01. The molecule has 1 aromatic rings. The summed E-state index contributed by atoms with van der Waals surface area (Å²) in [5, 5.41) is 18.8. The van der Waals surface area contributed by atoms with Gasteiger partial charge in [-0.2, -0.15) is 9.57 Å². The normalized spacial score (nSPS) is 29.3. The van der Waals surface area contributed by atoms with E-state index in [1.54, 1.807) is 13.0 Å². The van der Waals surface area contributed by atoms with Crippen LogP contribution < -0.4 is 0 Å². The number of sulfonamides is 1. The Hall–Kier alpha value is -1.42. The summed E-state index contributed by atoms with van der Waals surface area (Å²) in [6.45, 7) is 2.59. The molecule has 112 valence electrons. The van der Waals surface area contributed by atoms with Crippen LogP contribution in [0.4, 0.5) is 0 Å². The molecule has 0 bridgehead atoms. The number of aliphatic hydroxyl groups is 1. The highest BCUT2D eigenvalue weighted by molar-refractivity contribution is 7.89. The molecule has 2 fully saturated rings. The fourth-order valence-electron chi connectivity index (χ4n) is 3.54. The highest BCUT2D eigenvalue weighted by Crippen LogP contribution is 2.40. The third-order valence-corrected chi connectivity index (χ3v) is 6.70. The van der Waals surface area contributed by atoms with Crippen LogP contribution >= 0.6 is 0 Å². The van der Waals surface area contributed by atoms with Gasteiger partial charge in [0.25, 0.3) is 0 Å². The maximum Gasteiger partial charge on any atom is 0.243 e. The Bertz CT molecular complexity index is 708. The second-order valence-electron chi connectivity index (χ2n) is 5.98. The van der Waals surface area contributed by atoms with Crippen LogP contribution in [0.2, 0.25) is 0 Å². The van der Waals surface area contributed by atoms with E-state index in [1.807, 2.05) is 6.07 Å². The maximum atomic E-state index is 12.8. The van der Waals surface area contributed by atoms with Gasteiger partial charge >= 0.3 is 0 Å². The number of hydrogen-bond donors (Lipinski definition) is 1. The number of aryl methyl sites for hydroxylation is 1. The fourth-order valence-corrected chi connectivity index (χ4v) is 5.28. The summed E-state index contributed by atoms with van der Waals surface area (Å²) in [5.74, 6) is 0.340. The maximum absolute atomic E-state index is 12.8. The van der Waals surface area contributed by atoms with Crippen molar-refractivity contribution in [1.82, 2.24) is 4.31 Å². The van der Waals surface area contributed by atoms with Crippen LogP contribution in [-0.2, 0) is 10.0 Å². The minimum absolute atomic E-state index is 0.0680. The quantitative estimate of drug-likeness (QED) is 0.892. The average molecular weight is 306 g/mol. The van der Waals surface area contributed by atoms with Gasteiger partial charge in [-0.05, 0) is 49.4 Å². The van der Waals surface area contributed by atoms with Crippen molar-refractivity contribution in [1.29, 1.82) is 5.26 Å². The van der Waals surface area contributed by atoms with Crippen LogP contribution in [0.15, 0.2) is 23.1 Å². The van der Waals surface area contributed by atoms with Crippen molar-refractivity contribution >= 4 is 10.0 Å². The minimum Gasteiger partial charge on any atom is -0.393 e. The molecule has 1 aromatic carbocycles. The zero-order chi connectivity index (χ0) is 15.2. The molecule has 0 amide bonds. The highest BCUT2D eigenvalue weighted by atomic mass is 32.2. The van der Waals surface area contributed by atoms with E-state index in [-0.39, 0.29) is 22.8 Å². The van der Waals surface area contributed by atoms with Crippen LogP contribution in [0.3, 0.4) is 0 Å². The lowest BCUT2D eigenvalue weighted by Crippen LogP contribution is -2.31. The molecule has 1 saturated carbocycles. The first-order valence-corrected chi connectivity index (χ1v) is 8.56. The van der Waals surface area contributed by atoms with Crippen molar-refractivity contribution in [3.05, 3.63) is 29.3 Å². The van der Waals surface area contributed by atoms with E-state index >= 15 is 0 Å². The van der Waals surface area contributed by atoms with Crippen molar-refractivity contribution in [3.63, 3.8) is 0 Å². The molecule has 0 spiro atoms. The summed E-state index contributed by atoms with van der Waals surface area (Å²) in [6.07, 6.45) is 1.29. The predicted molar refractivity (Wildman–Crippen MR) is 76.9 cm³/mol. The molecule has 3 unspecified atom stereocenters. The molecule has 5 nitrogen and oxygen atoms in total. The predicted octanol–water partition coefficient (Wildman–Crippen LogP) is 1.26. The second-order valence-corrected chi connectivity index (χ2v) is 7.89. The first-order valence-electron chi connectivity index (χ1n) is 7.12. The zero-order valence-corrected chi connectivity index (χ0v) is 12.7. The number of nitrogens with zero attached hydrogens (tertiary/aromatic N) is 2. The molecule has 1 N–H and O–H groups in total. The number of fused-ring (bicyclic) bond motifs is 1. The van der Waals surface area contributed by atoms with Crippen molar-refractivity contribution in [3.8, 4) is 6.07 Å². The molecular weight excluding hydrogens is 288 g/mol. The second kappa shape index (κ2) is 5.09. The van der Waals surface area contributed by atoms with E-state index in [0.717, 1.165) is 12.8 Å². The van der Waals surface area contributed by atoms with Gasteiger partial charge in [0.1, 0.15) is 0 Å². The first kappa shape index (κ1) is 14.5. The van der Waals surface area contributed by atoms with Gasteiger partial charge < -0.3 is 5.11 Å². The molecule has 1 aliphatic heterocycles. The summed E-state index contributed by atoms with van der Waals surface area (Å²) in [4.78, 5) is 0.260. The monoisotopic (exact) mass is 306 g/mol. The molecule has 3 rings (SSSR count). The summed E-state index contributed by atoms with van der Waals surface area (Å²) in [7, 11) is -3.55. The van der Waals surface area contributed by atoms with Crippen molar-refractivity contribution in [2.45, 2.75) is 30.8 Å². The molecule has 21 heavy (non-hydrogen) atoms. The van der Waals surface area contributed by atoms with E-state index < -0.39 is 10.0 Å². The lowest BCUT2D eigenvalue weighted by Gasteiger charge is -2.19. The number of aliphatic hydroxyl groups excluding tert-OH is 1. The zero-order valence-electron chi connectivity index (χ0n) is 11.9. The van der Waals surface area contributed by atoms with Crippen LogP contribution in [-0.4, -0.2) is 37.0 Å². The molecular formula is C15H18N2O3S. The molecule has 6 heteroatoms. The Balaban J connectivity index is 1.90. The van der Waals surface area contributed by atoms with E-state index in [2.05, 4.69) is 0 Å². The van der Waals surface area contributed by atoms with E-state index in [9.17, 15) is 13.5 Å². The molecule has 1 saturated heterocycles. The summed E-state index contributed by atoms with van der Waals surface area (Å²) < 4.78 is 27.0. The third-order valence-electron chi connectivity index (χ3n) is 4.71. The van der Waals surface area contributed by atoms with E-state index in [0.29, 0.717) is 24.2 Å². The third kappa shape index (κ3) is 2.35. The fraction of sp³-hybridized carbons (Fsp3) is 0.533. The largest absolute Gasteiger partial charge is 0.393 e. The van der Waals surface area contributed by atoms with Gasteiger partial charge in [-0.25, -0.2) is 8.42 Å². The van der Waals surface area contributed by atoms with Crippen LogP contribution in [0.5, 0.6) is 0 Å². The minimum atomic E-state index is -3.55. The standard InChI is InChI=1S/C15H18N2O3S/c1-10-6-11(7-16)2-5-15(10)21(19,20)17-8-12-3-4-14(18)13(12)9-17/h2,5-6,12-14,18H,3-4,8-9H2,1H3. The van der Waals surface area contributed by atoms with Crippen LogP contribution in [0.25, 0.3) is 0 Å². The van der Waals surface area contributed by atoms with Gasteiger partial charge in [0, 0.05) is 19.0 Å². The molecule has 2 aliphatic rings. The van der Waals surface area contributed by atoms with Crippen molar-refractivity contribution in [2.24, 2.45) is 11.8 Å². The SMILES string of the molecule is Cc1cc(C#N)ccc1S(=O)(=O)N1CC2CCC(O)C2C1. The van der Waals surface area contributed by atoms with Crippen molar-refractivity contribution < 1.29 is 13.5 Å². The Morgan fingerprint density at radius 1 is 1.33 bits per heavy atom. The molecule has 0 aromatic heterocycles. The Morgan fingerprint density at radius 2 is 2.10 bits per heavy atom. The Labute approximate surface area is 124 Å². The van der Waals surface area contributed by atoms with Gasteiger partial charge in [-0.1, -0.05) is 0 Å². The van der Waals surface area contributed by atoms with Gasteiger partial charge in [0.05, 0.1) is 22.6 Å². The molecule has 3 atom stereocenters. The Kier molecular flexibility index (Phi) is 3.52. The first-order chi connectivity index (χ1) is 9.93. The number of benzene rings is 1. The Morgan fingerprint density at radius 3 is 2.71 bits per heavy atom. The van der Waals surface area contributed by atoms with Crippen LogP contribution in [0, 0.1) is 30.1 Å².